The number of nitrogens with zero attached hydrogens (tertiary/aromatic N) is 2. The maximum absolute atomic E-state index is 12.1. The lowest BCUT2D eigenvalue weighted by Gasteiger charge is -2.28. The first-order valence-corrected chi connectivity index (χ1v) is 6.59. The number of rotatable bonds is 5. The smallest absolute Gasteiger partial charge is 0.254 e. The summed E-state index contributed by atoms with van der Waals surface area (Å²) in [5.41, 5.74) is 1.38. The predicted octanol–water partition coefficient (Wildman–Crippen LogP) is 0.227. The summed E-state index contributed by atoms with van der Waals surface area (Å²) in [5.74, 6) is -0.0743. The quantitative estimate of drug-likeness (QED) is 0.800. The Morgan fingerprint density at radius 2 is 2.47 bits per heavy atom. The third kappa shape index (κ3) is 2.96. The van der Waals surface area contributed by atoms with Crippen LogP contribution in [0, 0.1) is 6.92 Å². The molecule has 1 amide bonds. The van der Waals surface area contributed by atoms with Gasteiger partial charge in [0.1, 0.15) is 0 Å². The zero-order valence-corrected chi connectivity index (χ0v) is 11.8. The molecule has 1 aliphatic heterocycles. The van der Waals surface area contributed by atoms with E-state index in [1.165, 1.54) is 0 Å². The molecule has 1 saturated heterocycles. The fourth-order valence-corrected chi connectivity index (χ4v) is 2.54. The summed E-state index contributed by atoms with van der Waals surface area (Å²) in [6.45, 7) is 4.05. The van der Waals surface area contributed by atoms with Gasteiger partial charge in [-0.2, -0.15) is 5.10 Å². The highest BCUT2D eigenvalue weighted by atomic mass is 16.5. The van der Waals surface area contributed by atoms with Crippen molar-refractivity contribution in [2.24, 2.45) is 7.05 Å². The molecule has 1 aliphatic rings. The molecule has 0 aromatic carbocycles. The highest BCUT2D eigenvalue weighted by molar-refractivity contribution is 5.95. The van der Waals surface area contributed by atoms with Crippen LogP contribution >= 0.6 is 0 Å². The first kappa shape index (κ1) is 14.0. The van der Waals surface area contributed by atoms with Crippen LogP contribution in [0.25, 0.3) is 0 Å². The molecule has 6 heteroatoms. The van der Waals surface area contributed by atoms with E-state index in [4.69, 9.17) is 4.74 Å². The van der Waals surface area contributed by atoms with Crippen molar-refractivity contribution >= 4 is 5.91 Å². The van der Waals surface area contributed by atoms with Crippen LogP contribution in [0.2, 0.25) is 0 Å². The first-order chi connectivity index (χ1) is 9.08. The Kier molecular flexibility index (Phi) is 4.21. The molecule has 6 nitrogen and oxygen atoms in total. The minimum Gasteiger partial charge on any atom is -0.383 e. The van der Waals surface area contributed by atoms with E-state index in [2.05, 4.69) is 15.7 Å². The maximum Gasteiger partial charge on any atom is 0.254 e. The molecule has 1 aromatic heterocycles. The molecule has 1 aromatic rings. The molecule has 2 N–H and O–H groups in total. The van der Waals surface area contributed by atoms with Crippen LogP contribution in [0.1, 0.15) is 28.9 Å². The molecule has 0 spiro atoms. The lowest BCUT2D eigenvalue weighted by atomic mass is 9.98. The highest BCUT2D eigenvalue weighted by Gasteiger charge is 2.34. The third-order valence-electron chi connectivity index (χ3n) is 3.82. The second-order valence-electron chi connectivity index (χ2n) is 5.19. The number of carbonyl (C=O) groups excluding carboxylic acids is 1. The second-order valence-corrected chi connectivity index (χ2v) is 5.19. The van der Waals surface area contributed by atoms with Gasteiger partial charge < -0.3 is 15.4 Å². The van der Waals surface area contributed by atoms with Crippen molar-refractivity contribution in [2.45, 2.75) is 25.3 Å². The average Bonchev–Trinajstić information content (AvgIpc) is 2.97. The molecule has 1 atom stereocenters. The van der Waals surface area contributed by atoms with Crippen LogP contribution in [0.4, 0.5) is 0 Å². The molecule has 1 unspecified atom stereocenters. The van der Waals surface area contributed by atoms with Gasteiger partial charge in [-0.15, -0.1) is 0 Å². The van der Waals surface area contributed by atoms with E-state index in [1.807, 2.05) is 14.0 Å². The summed E-state index contributed by atoms with van der Waals surface area (Å²) in [6.07, 6.45) is 3.74. The lowest BCUT2D eigenvalue weighted by Crippen LogP contribution is -2.53. The summed E-state index contributed by atoms with van der Waals surface area (Å²) in [6, 6.07) is 0. The minimum atomic E-state index is -0.124. The molecule has 2 rings (SSSR count). The van der Waals surface area contributed by atoms with Gasteiger partial charge in [-0.25, -0.2) is 0 Å². The summed E-state index contributed by atoms with van der Waals surface area (Å²) in [5, 5.41) is 10.5. The van der Waals surface area contributed by atoms with Gasteiger partial charge in [0.05, 0.1) is 23.9 Å². The molecule has 0 aliphatic carbocycles. The van der Waals surface area contributed by atoms with E-state index < -0.39 is 0 Å². The van der Waals surface area contributed by atoms with E-state index in [0.717, 1.165) is 25.1 Å². The summed E-state index contributed by atoms with van der Waals surface area (Å²) >= 11 is 0. The van der Waals surface area contributed by atoms with Gasteiger partial charge in [-0.1, -0.05) is 0 Å². The molecule has 106 valence electrons. The fourth-order valence-electron chi connectivity index (χ4n) is 2.54. The van der Waals surface area contributed by atoms with Crippen molar-refractivity contribution in [1.29, 1.82) is 0 Å². The molecular formula is C13H22N4O2. The molecule has 2 heterocycles. The molecule has 0 bridgehead atoms. The normalized spacial score (nSPS) is 22.7. The van der Waals surface area contributed by atoms with Gasteiger partial charge in [-0.05, 0) is 26.3 Å². The predicted molar refractivity (Wildman–Crippen MR) is 72.1 cm³/mol. The maximum atomic E-state index is 12.1. The van der Waals surface area contributed by atoms with Gasteiger partial charge in [-0.3, -0.25) is 9.48 Å². The number of aromatic nitrogens is 2. The van der Waals surface area contributed by atoms with Crippen LogP contribution in [-0.2, 0) is 11.8 Å². The van der Waals surface area contributed by atoms with Crippen molar-refractivity contribution < 1.29 is 9.53 Å². The van der Waals surface area contributed by atoms with E-state index in [-0.39, 0.29) is 11.4 Å². The van der Waals surface area contributed by atoms with Crippen molar-refractivity contribution in [3.05, 3.63) is 17.5 Å². The molecule has 0 saturated carbocycles. The zero-order valence-electron chi connectivity index (χ0n) is 11.8. The Balaban J connectivity index is 1.97. The summed E-state index contributed by atoms with van der Waals surface area (Å²) in [4.78, 5) is 12.1. The Bertz CT molecular complexity index is 449. The van der Waals surface area contributed by atoms with Crippen molar-refractivity contribution in [2.75, 3.05) is 26.8 Å². The van der Waals surface area contributed by atoms with Crippen LogP contribution in [0.3, 0.4) is 0 Å². The van der Waals surface area contributed by atoms with E-state index >= 15 is 0 Å². The topological polar surface area (TPSA) is 68.2 Å². The zero-order chi connectivity index (χ0) is 13.9. The van der Waals surface area contributed by atoms with Crippen LogP contribution < -0.4 is 10.6 Å². The summed E-state index contributed by atoms with van der Waals surface area (Å²) < 4.78 is 6.97. The Labute approximate surface area is 113 Å². The number of methoxy groups -OCH3 is 1. The van der Waals surface area contributed by atoms with Gasteiger partial charge in [0.15, 0.2) is 0 Å². The lowest BCUT2D eigenvalue weighted by molar-refractivity contribution is 0.0891. The van der Waals surface area contributed by atoms with E-state index in [1.54, 1.807) is 18.0 Å². The molecule has 19 heavy (non-hydrogen) atoms. The number of hydrogen-bond acceptors (Lipinski definition) is 4. The standard InChI is InChI=1S/C13H22N4O2/c1-10-11(7-16-17(10)2)12(18)14-8-13(9-19-3)5-4-6-15-13/h7,15H,4-6,8-9H2,1-3H3,(H,14,18). The minimum absolute atomic E-state index is 0.0743. The van der Waals surface area contributed by atoms with Crippen LogP contribution in [0.5, 0.6) is 0 Å². The second kappa shape index (κ2) is 5.71. The number of ether oxygens (including phenoxy) is 1. The fraction of sp³-hybridized carbons (Fsp3) is 0.692. The molecular weight excluding hydrogens is 244 g/mol. The number of hydrogen-bond donors (Lipinski definition) is 2. The monoisotopic (exact) mass is 266 g/mol. The molecule has 0 radical (unpaired) electrons. The van der Waals surface area contributed by atoms with Crippen LogP contribution in [0.15, 0.2) is 6.20 Å². The number of carbonyl (C=O) groups is 1. The van der Waals surface area contributed by atoms with Gasteiger partial charge >= 0.3 is 0 Å². The summed E-state index contributed by atoms with van der Waals surface area (Å²) in [7, 11) is 3.52. The van der Waals surface area contributed by atoms with Gasteiger partial charge in [0.25, 0.3) is 5.91 Å². The number of nitrogens with one attached hydrogen (secondary N) is 2. The van der Waals surface area contributed by atoms with Gasteiger partial charge in [0.2, 0.25) is 0 Å². The van der Waals surface area contributed by atoms with Gasteiger partial charge in [0, 0.05) is 26.4 Å². The van der Waals surface area contributed by atoms with E-state index in [0.29, 0.717) is 18.7 Å². The first-order valence-electron chi connectivity index (χ1n) is 6.59. The number of aryl methyl sites for hydroxylation is 1. The van der Waals surface area contributed by atoms with Crippen molar-refractivity contribution in [1.82, 2.24) is 20.4 Å². The average molecular weight is 266 g/mol. The highest BCUT2D eigenvalue weighted by Crippen LogP contribution is 2.19. The largest absolute Gasteiger partial charge is 0.383 e. The van der Waals surface area contributed by atoms with Crippen molar-refractivity contribution in [3.8, 4) is 0 Å². The molecule has 1 fully saturated rings. The van der Waals surface area contributed by atoms with Crippen molar-refractivity contribution in [3.63, 3.8) is 0 Å². The van der Waals surface area contributed by atoms with Crippen LogP contribution in [-0.4, -0.2) is 48.0 Å². The Morgan fingerprint density at radius 1 is 1.68 bits per heavy atom. The van der Waals surface area contributed by atoms with E-state index in [9.17, 15) is 4.79 Å². The Morgan fingerprint density at radius 3 is 3.00 bits per heavy atom. The SMILES string of the molecule is COCC1(CNC(=O)c2cnn(C)c2C)CCCN1. The Hall–Kier alpha value is -1.40. The number of amides is 1. The third-order valence-corrected chi connectivity index (χ3v) is 3.82.